The lowest BCUT2D eigenvalue weighted by atomic mass is 10.3. The van der Waals surface area contributed by atoms with Crippen LogP contribution in [0.4, 0.5) is 0 Å². The van der Waals surface area contributed by atoms with Gasteiger partial charge in [-0.05, 0) is 19.9 Å². The van der Waals surface area contributed by atoms with E-state index in [9.17, 15) is 4.79 Å². The van der Waals surface area contributed by atoms with Crippen LogP contribution in [-0.2, 0) is 0 Å². The molecule has 0 aliphatic rings. The number of hydrogen-bond donors (Lipinski definition) is 1. The maximum Gasteiger partial charge on any atom is 0.354 e. The summed E-state index contributed by atoms with van der Waals surface area (Å²) in [6, 6.07) is 1.44. The highest BCUT2D eigenvalue weighted by molar-refractivity contribution is 5.85. The molecular formula is C7H9ClN2O2. The quantitative estimate of drug-likeness (QED) is 0.720. The zero-order valence-electron chi connectivity index (χ0n) is 6.74. The summed E-state index contributed by atoms with van der Waals surface area (Å²) in [7, 11) is 0. The predicted octanol–water partition coefficient (Wildman–Crippen LogP) is 1.21. The van der Waals surface area contributed by atoms with Gasteiger partial charge < -0.3 is 5.11 Å². The first-order valence-corrected chi connectivity index (χ1v) is 3.15. The highest BCUT2D eigenvalue weighted by Gasteiger charge is 2.05. The van der Waals surface area contributed by atoms with E-state index < -0.39 is 5.97 Å². The van der Waals surface area contributed by atoms with Crippen LogP contribution in [-0.4, -0.2) is 21.0 Å². The Bertz CT molecular complexity index is 281. The van der Waals surface area contributed by atoms with Crippen LogP contribution in [0.5, 0.6) is 0 Å². The normalized spacial score (nSPS) is 8.83. The van der Waals surface area contributed by atoms with Gasteiger partial charge in [0.25, 0.3) is 0 Å². The van der Waals surface area contributed by atoms with Crippen LogP contribution in [0.1, 0.15) is 22.0 Å². The zero-order valence-corrected chi connectivity index (χ0v) is 7.55. The SMILES string of the molecule is Cc1cc(C(=O)O)nc(C)n1.Cl. The van der Waals surface area contributed by atoms with Crippen molar-refractivity contribution in [1.82, 2.24) is 9.97 Å². The number of aromatic nitrogens is 2. The third-order valence-electron chi connectivity index (χ3n) is 1.19. The molecule has 5 heteroatoms. The molecule has 4 nitrogen and oxygen atoms in total. The second-order valence-corrected chi connectivity index (χ2v) is 2.25. The average molecular weight is 189 g/mol. The van der Waals surface area contributed by atoms with Crippen molar-refractivity contribution in [2.24, 2.45) is 0 Å². The Kier molecular flexibility index (Phi) is 3.63. The second kappa shape index (κ2) is 4.01. The van der Waals surface area contributed by atoms with Gasteiger partial charge >= 0.3 is 5.97 Å². The summed E-state index contributed by atoms with van der Waals surface area (Å²) >= 11 is 0. The number of nitrogens with zero attached hydrogens (tertiary/aromatic N) is 2. The minimum Gasteiger partial charge on any atom is -0.477 e. The molecule has 1 aromatic heterocycles. The lowest BCUT2D eigenvalue weighted by Crippen LogP contribution is -2.03. The summed E-state index contributed by atoms with van der Waals surface area (Å²) in [5.74, 6) is -0.527. The van der Waals surface area contributed by atoms with Crippen LogP contribution in [0, 0.1) is 13.8 Å². The lowest BCUT2D eigenvalue weighted by Gasteiger charge is -1.96. The van der Waals surface area contributed by atoms with Gasteiger partial charge in [0.2, 0.25) is 0 Å². The molecule has 0 aliphatic carbocycles. The van der Waals surface area contributed by atoms with Gasteiger partial charge in [-0.2, -0.15) is 0 Å². The van der Waals surface area contributed by atoms with Crippen molar-refractivity contribution in [2.45, 2.75) is 13.8 Å². The van der Waals surface area contributed by atoms with E-state index in [0.717, 1.165) is 0 Å². The molecule has 0 aliphatic heterocycles. The summed E-state index contributed by atoms with van der Waals surface area (Å²) in [6.45, 7) is 3.40. The van der Waals surface area contributed by atoms with E-state index in [-0.39, 0.29) is 18.1 Å². The van der Waals surface area contributed by atoms with E-state index in [4.69, 9.17) is 5.11 Å². The second-order valence-electron chi connectivity index (χ2n) is 2.25. The first-order chi connectivity index (χ1) is 5.09. The number of carboxylic acids is 1. The van der Waals surface area contributed by atoms with Crippen LogP contribution in [0.15, 0.2) is 6.07 Å². The molecule has 1 N–H and O–H groups in total. The number of aromatic carboxylic acids is 1. The van der Waals surface area contributed by atoms with Crippen LogP contribution >= 0.6 is 12.4 Å². The Labute approximate surface area is 76.1 Å². The lowest BCUT2D eigenvalue weighted by molar-refractivity contribution is 0.0690. The van der Waals surface area contributed by atoms with E-state index in [1.165, 1.54) is 6.07 Å². The third kappa shape index (κ3) is 2.47. The van der Waals surface area contributed by atoms with E-state index >= 15 is 0 Å². The number of rotatable bonds is 1. The Balaban J connectivity index is 0.00000121. The molecule has 66 valence electrons. The average Bonchev–Trinajstić information content (AvgIpc) is 1.85. The van der Waals surface area contributed by atoms with Crippen LogP contribution in [0.3, 0.4) is 0 Å². The van der Waals surface area contributed by atoms with Gasteiger partial charge in [0, 0.05) is 5.69 Å². The van der Waals surface area contributed by atoms with Gasteiger partial charge in [-0.1, -0.05) is 0 Å². The molecule has 12 heavy (non-hydrogen) atoms. The maximum atomic E-state index is 10.4. The third-order valence-corrected chi connectivity index (χ3v) is 1.19. The van der Waals surface area contributed by atoms with Crippen LogP contribution in [0.2, 0.25) is 0 Å². The number of carboxylic acid groups (broad SMARTS) is 1. The van der Waals surface area contributed by atoms with E-state index in [0.29, 0.717) is 11.5 Å². The topological polar surface area (TPSA) is 63.1 Å². The van der Waals surface area contributed by atoms with Crippen molar-refractivity contribution in [3.8, 4) is 0 Å². The summed E-state index contributed by atoms with van der Waals surface area (Å²) in [5.41, 5.74) is 0.727. The smallest absolute Gasteiger partial charge is 0.354 e. The van der Waals surface area contributed by atoms with Crippen LogP contribution in [0.25, 0.3) is 0 Å². The molecule has 0 saturated heterocycles. The van der Waals surface area contributed by atoms with Gasteiger partial charge in [-0.15, -0.1) is 12.4 Å². The number of halogens is 1. The first kappa shape index (κ1) is 10.8. The summed E-state index contributed by atoms with van der Waals surface area (Å²) < 4.78 is 0. The van der Waals surface area contributed by atoms with Gasteiger partial charge in [-0.3, -0.25) is 0 Å². The molecule has 0 atom stereocenters. The molecule has 0 spiro atoms. The Morgan fingerprint density at radius 3 is 2.42 bits per heavy atom. The van der Waals surface area contributed by atoms with Crippen molar-refractivity contribution in [3.05, 3.63) is 23.3 Å². The molecule has 1 heterocycles. The van der Waals surface area contributed by atoms with E-state index in [1.807, 2.05) is 0 Å². The standard InChI is InChI=1S/C7H8N2O2.ClH/c1-4-3-6(7(10)11)9-5(2)8-4;/h3H,1-2H3,(H,10,11);1H. The van der Waals surface area contributed by atoms with Crippen molar-refractivity contribution in [3.63, 3.8) is 0 Å². The molecule has 1 rings (SSSR count). The van der Waals surface area contributed by atoms with Gasteiger partial charge in [-0.25, -0.2) is 14.8 Å². The Morgan fingerprint density at radius 2 is 2.00 bits per heavy atom. The minimum atomic E-state index is -1.02. The Morgan fingerprint density at radius 1 is 1.42 bits per heavy atom. The Hall–Kier alpha value is -1.16. The fourth-order valence-corrected chi connectivity index (χ4v) is 0.827. The fraction of sp³-hybridized carbons (Fsp3) is 0.286. The molecule has 0 aromatic carbocycles. The van der Waals surface area contributed by atoms with Gasteiger partial charge in [0.1, 0.15) is 5.82 Å². The molecule has 0 radical (unpaired) electrons. The highest BCUT2D eigenvalue weighted by atomic mass is 35.5. The fourth-order valence-electron chi connectivity index (χ4n) is 0.827. The first-order valence-electron chi connectivity index (χ1n) is 3.15. The molecule has 0 fully saturated rings. The zero-order chi connectivity index (χ0) is 8.43. The summed E-state index contributed by atoms with van der Waals surface area (Å²) in [4.78, 5) is 18.1. The predicted molar refractivity (Wildman–Crippen MR) is 45.7 cm³/mol. The van der Waals surface area contributed by atoms with Crippen LogP contribution < -0.4 is 0 Å². The van der Waals surface area contributed by atoms with Crippen molar-refractivity contribution < 1.29 is 9.90 Å². The van der Waals surface area contributed by atoms with Crippen molar-refractivity contribution in [2.75, 3.05) is 0 Å². The highest BCUT2D eigenvalue weighted by Crippen LogP contribution is 1.98. The minimum absolute atomic E-state index is 0. The largest absolute Gasteiger partial charge is 0.477 e. The van der Waals surface area contributed by atoms with Crippen molar-refractivity contribution in [1.29, 1.82) is 0 Å². The van der Waals surface area contributed by atoms with Gasteiger partial charge in [0.15, 0.2) is 5.69 Å². The number of hydrogen-bond acceptors (Lipinski definition) is 3. The molecule has 0 saturated carbocycles. The molecule has 1 aromatic rings. The number of aryl methyl sites for hydroxylation is 2. The van der Waals surface area contributed by atoms with Gasteiger partial charge in [0.05, 0.1) is 0 Å². The molecular weight excluding hydrogens is 180 g/mol. The van der Waals surface area contributed by atoms with Crippen molar-refractivity contribution >= 4 is 18.4 Å². The van der Waals surface area contributed by atoms with E-state index in [2.05, 4.69) is 9.97 Å². The molecule has 0 unspecified atom stereocenters. The molecule has 0 bridgehead atoms. The summed E-state index contributed by atoms with van der Waals surface area (Å²) in [5, 5.41) is 8.54. The summed E-state index contributed by atoms with van der Waals surface area (Å²) in [6.07, 6.45) is 0. The monoisotopic (exact) mass is 188 g/mol. The number of carbonyl (C=O) groups is 1. The van der Waals surface area contributed by atoms with E-state index in [1.54, 1.807) is 13.8 Å². The molecule has 0 amide bonds. The maximum absolute atomic E-state index is 10.4.